The topological polar surface area (TPSA) is 139 Å². The Morgan fingerprint density at radius 2 is 1.82 bits per heavy atom. The summed E-state index contributed by atoms with van der Waals surface area (Å²) in [5, 5.41) is 0.341. The highest BCUT2D eigenvalue weighted by atomic mass is 32.2. The van der Waals surface area contributed by atoms with Crippen molar-refractivity contribution in [2.75, 3.05) is 18.9 Å². The Labute approximate surface area is 195 Å². The van der Waals surface area contributed by atoms with E-state index in [0.29, 0.717) is 5.56 Å². The van der Waals surface area contributed by atoms with Crippen LogP contribution < -0.4 is 11.2 Å². The summed E-state index contributed by atoms with van der Waals surface area (Å²) in [7, 11) is -3.89. The van der Waals surface area contributed by atoms with Crippen LogP contribution in [0.25, 0.3) is 22.1 Å². The number of pyridine rings is 1. The zero-order valence-corrected chi connectivity index (χ0v) is 19.3. The van der Waals surface area contributed by atoms with Crippen LogP contribution in [0, 0.1) is 6.92 Å². The fourth-order valence-electron chi connectivity index (χ4n) is 3.41. The first-order chi connectivity index (χ1) is 16.2. The van der Waals surface area contributed by atoms with Gasteiger partial charge in [-0.1, -0.05) is 23.8 Å². The van der Waals surface area contributed by atoms with Gasteiger partial charge in [-0.3, -0.25) is 8.98 Å². The summed E-state index contributed by atoms with van der Waals surface area (Å²) < 4.78 is 40.5. The first-order valence-corrected chi connectivity index (χ1v) is 11.9. The molecule has 2 N–H and O–H groups in total. The molecule has 0 aliphatic rings. The third kappa shape index (κ3) is 4.63. The maximum atomic E-state index is 13.1. The lowest BCUT2D eigenvalue weighted by Crippen LogP contribution is -2.12. The van der Waals surface area contributed by atoms with Gasteiger partial charge in [0.2, 0.25) is 11.1 Å². The minimum atomic E-state index is -3.89. The SMILES string of the molecule is CCOC(=O)c1cc2c(=O)c3cc(CCOS(=O)(=O)c4ccc(C)cc4)ccc3oc2nc1N. The van der Waals surface area contributed by atoms with E-state index in [-0.39, 0.29) is 58.0 Å². The summed E-state index contributed by atoms with van der Waals surface area (Å²) in [6, 6.07) is 12.6. The molecule has 0 radical (unpaired) electrons. The van der Waals surface area contributed by atoms with Crippen LogP contribution in [-0.2, 0) is 25.5 Å². The number of aromatic nitrogens is 1. The number of hydrogen-bond acceptors (Lipinski definition) is 9. The van der Waals surface area contributed by atoms with Gasteiger partial charge < -0.3 is 14.9 Å². The van der Waals surface area contributed by atoms with E-state index in [1.807, 2.05) is 6.92 Å². The van der Waals surface area contributed by atoms with Crippen LogP contribution in [0.2, 0.25) is 0 Å². The monoisotopic (exact) mass is 482 g/mol. The molecule has 0 atom stereocenters. The molecule has 2 heterocycles. The molecule has 0 saturated carbocycles. The van der Waals surface area contributed by atoms with E-state index in [4.69, 9.17) is 19.1 Å². The number of carbonyl (C=O) groups excluding carboxylic acids is 1. The minimum absolute atomic E-state index is 0.00308. The number of fused-ring (bicyclic) bond motifs is 2. The van der Waals surface area contributed by atoms with Crippen LogP contribution in [-0.4, -0.2) is 32.6 Å². The van der Waals surface area contributed by atoms with Crippen molar-refractivity contribution in [2.45, 2.75) is 25.2 Å². The molecule has 2 aromatic heterocycles. The maximum Gasteiger partial charge on any atom is 0.341 e. The number of esters is 1. The molecule has 0 aliphatic carbocycles. The number of nitrogens with zero attached hydrogens (tertiary/aromatic N) is 1. The van der Waals surface area contributed by atoms with Crippen molar-refractivity contribution in [2.24, 2.45) is 0 Å². The molecule has 34 heavy (non-hydrogen) atoms. The molecule has 2 aromatic carbocycles. The van der Waals surface area contributed by atoms with Crippen molar-refractivity contribution >= 4 is 44.0 Å². The zero-order chi connectivity index (χ0) is 24.5. The van der Waals surface area contributed by atoms with E-state index < -0.39 is 21.5 Å². The Morgan fingerprint density at radius 1 is 1.09 bits per heavy atom. The average Bonchev–Trinajstić information content (AvgIpc) is 2.79. The normalized spacial score (nSPS) is 11.7. The highest BCUT2D eigenvalue weighted by Crippen LogP contribution is 2.23. The van der Waals surface area contributed by atoms with Gasteiger partial charge in [0.25, 0.3) is 10.1 Å². The van der Waals surface area contributed by atoms with Gasteiger partial charge >= 0.3 is 5.97 Å². The molecule has 4 rings (SSSR count). The molecule has 176 valence electrons. The van der Waals surface area contributed by atoms with Gasteiger partial charge in [-0.15, -0.1) is 0 Å². The van der Waals surface area contributed by atoms with E-state index in [0.717, 1.165) is 5.56 Å². The fourth-order valence-corrected chi connectivity index (χ4v) is 4.32. The van der Waals surface area contributed by atoms with Crippen LogP contribution in [0.5, 0.6) is 0 Å². The zero-order valence-electron chi connectivity index (χ0n) is 18.5. The van der Waals surface area contributed by atoms with Crippen molar-refractivity contribution in [1.29, 1.82) is 0 Å². The average molecular weight is 483 g/mol. The minimum Gasteiger partial charge on any atom is -0.462 e. The van der Waals surface area contributed by atoms with Gasteiger partial charge in [-0.05, 0) is 56.2 Å². The predicted molar refractivity (Wildman–Crippen MR) is 126 cm³/mol. The van der Waals surface area contributed by atoms with Crippen molar-refractivity contribution in [3.63, 3.8) is 0 Å². The summed E-state index contributed by atoms with van der Waals surface area (Å²) in [6.07, 6.45) is 0.243. The van der Waals surface area contributed by atoms with Gasteiger partial charge in [0, 0.05) is 0 Å². The van der Waals surface area contributed by atoms with Crippen LogP contribution in [0.4, 0.5) is 5.82 Å². The van der Waals surface area contributed by atoms with E-state index >= 15 is 0 Å². The Hall–Kier alpha value is -3.76. The summed E-state index contributed by atoms with van der Waals surface area (Å²) >= 11 is 0. The van der Waals surface area contributed by atoms with Crippen molar-refractivity contribution in [3.8, 4) is 0 Å². The van der Waals surface area contributed by atoms with Gasteiger partial charge in [-0.2, -0.15) is 13.4 Å². The van der Waals surface area contributed by atoms with Crippen LogP contribution in [0.1, 0.15) is 28.4 Å². The lowest BCUT2D eigenvalue weighted by molar-refractivity contribution is 0.0527. The molecule has 0 bridgehead atoms. The number of anilines is 1. The van der Waals surface area contributed by atoms with Gasteiger partial charge in [-0.25, -0.2) is 4.79 Å². The van der Waals surface area contributed by atoms with Crippen molar-refractivity contribution in [3.05, 3.63) is 75.4 Å². The third-order valence-electron chi connectivity index (χ3n) is 5.19. The van der Waals surface area contributed by atoms with Gasteiger partial charge in [0.1, 0.15) is 17.0 Å². The van der Waals surface area contributed by atoms with E-state index in [1.54, 1.807) is 37.3 Å². The number of ether oxygens (including phenoxy) is 1. The van der Waals surface area contributed by atoms with Gasteiger partial charge in [0.05, 0.1) is 28.9 Å². The quantitative estimate of drug-likeness (QED) is 0.239. The molecule has 0 saturated heterocycles. The summed E-state index contributed by atoms with van der Waals surface area (Å²) in [6.45, 7) is 3.56. The first kappa shape index (κ1) is 23.4. The van der Waals surface area contributed by atoms with E-state index in [2.05, 4.69) is 4.98 Å². The molecule has 0 unspecified atom stereocenters. The number of nitrogen functional groups attached to an aromatic ring is 1. The summed E-state index contributed by atoms with van der Waals surface area (Å²) in [5.74, 6) is -0.786. The smallest absolute Gasteiger partial charge is 0.341 e. The Bertz CT molecular complexity index is 1560. The third-order valence-corrected chi connectivity index (χ3v) is 6.52. The molecule has 0 amide bonds. The molecular formula is C24H22N2O7S. The second kappa shape index (κ2) is 9.24. The number of hydrogen-bond donors (Lipinski definition) is 1. The Kier molecular flexibility index (Phi) is 6.36. The van der Waals surface area contributed by atoms with Crippen LogP contribution in [0.3, 0.4) is 0 Å². The molecule has 0 spiro atoms. The number of carbonyl (C=O) groups is 1. The second-order valence-corrected chi connectivity index (χ2v) is 9.21. The van der Waals surface area contributed by atoms with Crippen LogP contribution >= 0.6 is 0 Å². The molecule has 4 aromatic rings. The predicted octanol–water partition coefficient (Wildman–Crippen LogP) is 3.36. The number of nitrogens with two attached hydrogens (primary N) is 1. The lowest BCUT2D eigenvalue weighted by atomic mass is 10.1. The Balaban J connectivity index is 1.61. The summed E-state index contributed by atoms with van der Waals surface area (Å²) in [4.78, 5) is 29.4. The molecular weight excluding hydrogens is 460 g/mol. The van der Waals surface area contributed by atoms with Crippen LogP contribution in [0.15, 0.2) is 62.6 Å². The largest absolute Gasteiger partial charge is 0.462 e. The standard InChI is InChI=1S/C24H22N2O7S/c1-3-31-24(28)19-13-18-21(27)17-12-15(6-9-20(17)33-23(18)26-22(19)25)10-11-32-34(29,30)16-7-4-14(2)5-8-16/h4-9,12-13H,3,10-11H2,1-2H3,(H2,25,26). The number of rotatable bonds is 7. The number of aryl methyl sites for hydroxylation is 1. The maximum absolute atomic E-state index is 13.1. The molecule has 10 heteroatoms. The highest BCUT2D eigenvalue weighted by molar-refractivity contribution is 7.86. The van der Waals surface area contributed by atoms with E-state index in [1.165, 1.54) is 18.2 Å². The molecule has 0 fully saturated rings. The van der Waals surface area contributed by atoms with E-state index in [9.17, 15) is 18.0 Å². The molecule has 9 nitrogen and oxygen atoms in total. The lowest BCUT2D eigenvalue weighted by Gasteiger charge is -2.08. The Morgan fingerprint density at radius 3 is 2.53 bits per heavy atom. The first-order valence-electron chi connectivity index (χ1n) is 10.5. The van der Waals surface area contributed by atoms with Crippen molar-refractivity contribution in [1.82, 2.24) is 4.98 Å². The summed E-state index contributed by atoms with van der Waals surface area (Å²) in [5.41, 5.74) is 7.32. The second-order valence-electron chi connectivity index (χ2n) is 7.60. The number of benzene rings is 2. The fraction of sp³-hybridized carbons (Fsp3) is 0.208. The van der Waals surface area contributed by atoms with Gasteiger partial charge in [0.15, 0.2) is 0 Å². The molecule has 0 aliphatic heterocycles. The van der Waals surface area contributed by atoms with Crippen molar-refractivity contribution < 1.29 is 26.5 Å². The highest BCUT2D eigenvalue weighted by Gasteiger charge is 2.18.